The molecule has 2 aromatic rings. The summed E-state index contributed by atoms with van der Waals surface area (Å²) in [4.78, 5) is 40.7. The average Bonchev–Trinajstić information content (AvgIpc) is 3.22. The predicted molar refractivity (Wildman–Crippen MR) is 112 cm³/mol. The Morgan fingerprint density at radius 1 is 1.17 bits per heavy atom. The van der Waals surface area contributed by atoms with E-state index in [9.17, 15) is 14.4 Å². The molecule has 0 unspecified atom stereocenters. The van der Waals surface area contributed by atoms with Gasteiger partial charge in [0.15, 0.2) is 6.10 Å². The lowest BCUT2D eigenvalue weighted by atomic mass is 10.1. The molecule has 4 rings (SSSR count). The summed E-state index contributed by atoms with van der Waals surface area (Å²) >= 11 is 1.23. The summed E-state index contributed by atoms with van der Waals surface area (Å²) in [6.07, 6.45) is -0.714. The molecule has 3 heterocycles. The standard InChI is InChI=1S/C20H22N4O5S/c21-18(26)13-5-10-30-19(13)22-17(25)12-24-11-16(20(27)23-6-8-28-9-7-23)29-15-4-2-1-3-14(15)24/h1-5,10,16H,6-9,11-12H2,(H2,21,26)(H,22,25)/t16-/m0/s1. The van der Waals surface area contributed by atoms with Crippen molar-refractivity contribution in [1.82, 2.24) is 4.90 Å². The molecular formula is C20H22N4O5S. The van der Waals surface area contributed by atoms with Gasteiger partial charge in [-0.3, -0.25) is 14.4 Å². The molecule has 1 aromatic heterocycles. The fourth-order valence-corrected chi connectivity index (χ4v) is 4.32. The summed E-state index contributed by atoms with van der Waals surface area (Å²) in [6.45, 7) is 2.30. The lowest BCUT2D eigenvalue weighted by molar-refractivity contribution is -0.142. The Labute approximate surface area is 177 Å². The van der Waals surface area contributed by atoms with Gasteiger partial charge in [-0.2, -0.15) is 0 Å². The summed E-state index contributed by atoms with van der Waals surface area (Å²) in [5.41, 5.74) is 6.35. The van der Waals surface area contributed by atoms with Crippen molar-refractivity contribution in [3.8, 4) is 5.75 Å². The number of nitrogens with two attached hydrogens (primary N) is 1. The molecule has 158 valence electrons. The summed E-state index contributed by atoms with van der Waals surface area (Å²) in [6, 6.07) is 8.87. The van der Waals surface area contributed by atoms with Gasteiger partial charge in [-0.1, -0.05) is 12.1 Å². The quantitative estimate of drug-likeness (QED) is 0.729. The molecule has 1 aromatic carbocycles. The molecule has 1 saturated heterocycles. The van der Waals surface area contributed by atoms with E-state index < -0.39 is 12.0 Å². The van der Waals surface area contributed by atoms with Crippen LogP contribution in [-0.4, -0.2) is 68.1 Å². The molecule has 0 aliphatic carbocycles. The first kappa shape index (κ1) is 20.2. The van der Waals surface area contributed by atoms with Gasteiger partial charge in [0.1, 0.15) is 10.8 Å². The highest BCUT2D eigenvalue weighted by molar-refractivity contribution is 7.14. The van der Waals surface area contributed by atoms with Crippen LogP contribution in [0, 0.1) is 0 Å². The van der Waals surface area contributed by atoms with Crippen LogP contribution < -0.4 is 20.7 Å². The predicted octanol–water partition coefficient (Wildman–Crippen LogP) is 0.912. The normalized spacial score (nSPS) is 18.3. The number of anilines is 2. The van der Waals surface area contributed by atoms with Gasteiger partial charge in [0.2, 0.25) is 5.91 Å². The third-order valence-electron chi connectivity index (χ3n) is 4.98. The highest BCUT2D eigenvalue weighted by Crippen LogP contribution is 2.33. The van der Waals surface area contributed by atoms with Crippen LogP contribution in [0.1, 0.15) is 10.4 Å². The number of nitrogens with one attached hydrogen (secondary N) is 1. The van der Waals surface area contributed by atoms with Crippen molar-refractivity contribution in [2.75, 3.05) is 49.6 Å². The summed E-state index contributed by atoms with van der Waals surface area (Å²) in [5.74, 6) is -0.474. The zero-order chi connectivity index (χ0) is 21.1. The Morgan fingerprint density at radius 2 is 1.93 bits per heavy atom. The second-order valence-corrected chi connectivity index (χ2v) is 7.88. The van der Waals surface area contributed by atoms with Crippen LogP contribution in [0.2, 0.25) is 0 Å². The molecule has 0 radical (unpaired) electrons. The van der Waals surface area contributed by atoms with Crippen molar-refractivity contribution in [3.05, 3.63) is 41.3 Å². The molecule has 0 bridgehead atoms. The van der Waals surface area contributed by atoms with Gasteiger partial charge in [0.25, 0.3) is 11.8 Å². The van der Waals surface area contributed by atoms with Crippen LogP contribution in [0.3, 0.4) is 0 Å². The molecule has 1 fully saturated rings. The van der Waals surface area contributed by atoms with Crippen LogP contribution >= 0.6 is 11.3 Å². The first-order valence-electron chi connectivity index (χ1n) is 9.57. The number of fused-ring (bicyclic) bond motifs is 1. The van der Waals surface area contributed by atoms with Crippen molar-refractivity contribution in [2.24, 2.45) is 5.73 Å². The minimum Gasteiger partial charge on any atom is -0.477 e. The number of rotatable bonds is 5. The molecule has 3 N–H and O–H groups in total. The van der Waals surface area contributed by atoms with Gasteiger partial charge in [-0.25, -0.2) is 0 Å². The lowest BCUT2D eigenvalue weighted by Gasteiger charge is -2.38. The molecular weight excluding hydrogens is 408 g/mol. The molecule has 0 spiro atoms. The highest BCUT2D eigenvalue weighted by atomic mass is 32.1. The second kappa shape index (κ2) is 8.72. The van der Waals surface area contributed by atoms with Gasteiger partial charge in [-0.15, -0.1) is 11.3 Å². The molecule has 1 atom stereocenters. The molecule has 3 amide bonds. The monoisotopic (exact) mass is 430 g/mol. The minimum atomic E-state index is -0.714. The van der Waals surface area contributed by atoms with Crippen molar-refractivity contribution in [2.45, 2.75) is 6.10 Å². The highest BCUT2D eigenvalue weighted by Gasteiger charge is 2.34. The van der Waals surface area contributed by atoms with E-state index in [1.165, 1.54) is 11.3 Å². The summed E-state index contributed by atoms with van der Waals surface area (Å²) in [7, 11) is 0. The first-order chi connectivity index (χ1) is 14.5. The third-order valence-corrected chi connectivity index (χ3v) is 5.81. The van der Waals surface area contributed by atoms with E-state index in [-0.39, 0.29) is 30.5 Å². The Morgan fingerprint density at radius 3 is 2.70 bits per heavy atom. The van der Waals surface area contributed by atoms with Gasteiger partial charge in [-0.05, 0) is 23.6 Å². The lowest BCUT2D eigenvalue weighted by Crippen LogP contribution is -2.53. The number of ether oxygens (including phenoxy) is 2. The SMILES string of the molecule is NC(=O)c1ccsc1NC(=O)CN1C[C@@H](C(=O)N2CCOCC2)Oc2ccccc21. The topological polar surface area (TPSA) is 114 Å². The molecule has 10 heteroatoms. The zero-order valence-corrected chi connectivity index (χ0v) is 17.0. The summed E-state index contributed by atoms with van der Waals surface area (Å²) < 4.78 is 11.3. The molecule has 2 aliphatic rings. The number of carbonyl (C=O) groups is 3. The molecule has 9 nitrogen and oxygen atoms in total. The van der Waals surface area contributed by atoms with Gasteiger partial charge in [0, 0.05) is 13.1 Å². The van der Waals surface area contributed by atoms with E-state index in [0.29, 0.717) is 37.1 Å². The fourth-order valence-electron chi connectivity index (χ4n) is 3.51. The number of hydrogen-bond acceptors (Lipinski definition) is 7. The number of morpholine rings is 1. The maximum atomic E-state index is 12.9. The number of thiophene rings is 1. The minimum absolute atomic E-state index is 0.00334. The number of hydrogen-bond donors (Lipinski definition) is 2. The largest absolute Gasteiger partial charge is 0.477 e. The maximum Gasteiger partial charge on any atom is 0.265 e. The smallest absolute Gasteiger partial charge is 0.265 e. The van der Waals surface area contributed by atoms with Gasteiger partial charge >= 0.3 is 0 Å². The molecule has 2 aliphatic heterocycles. The van der Waals surface area contributed by atoms with Crippen molar-refractivity contribution in [1.29, 1.82) is 0 Å². The van der Waals surface area contributed by atoms with E-state index in [1.807, 2.05) is 23.1 Å². The van der Waals surface area contributed by atoms with E-state index in [1.54, 1.807) is 22.4 Å². The van der Waals surface area contributed by atoms with Crippen LogP contribution in [0.5, 0.6) is 5.75 Å². The van der Waals surface area contributed by atoms with Crippen molar-refractivity contribution in [3.63, 3.8) is 0 Å². The van der Waals surface area contributed by atoms with Crippen molar-refractivity contribution < 1.29 is 23.9 Å². The Balaban J connectivity index is 1.49. The van der Waals surface area contributed by atoms with E-state index in [0.717, 1.165) is 5.69 Å². The van der Waals surface area contributed by atoms with Gasteiger partial charge in [0.05, 0.1) is 37.6 Å². The third kappa shape index (κ3) is 4.24. The number of nitrogens with zero attached hydrogens (tertiary/aromatic N) is 2. The zero-order valence-electron chi connectivity index (χ0n) is 16.2. The van der Waals surface area contributed by atoms with Gasteiger partial charge < -0.3 is 30.3 Å². The van der Waals surface area contributed by atoms with E-state index in [4.69, 9.17) is 15.2 Å². The number of benzene rings is 1. The Kier molecular flexibility index (Phi) is 5.86. The maximum absolute atomic E-state index is 12.9. The average molecular weight is 430 g/mol. The number of amides is 3. The van der Waals surface area contributed by atoms with Crippen LogP contribution in [0.25, 0.3) is 0 Å². The van der Waals surface area contributed by atoms with Crippen LogP contribution in [0.4, 0.5) is 10.7 Å². The van der Waals surface area contributed by atoms with E-state index in [2.05, 4.69) is 5.32 Å². The van der Waals surface area contributed by atoms with E-state index >= 15 is 0 Å². The van der Waals surface area contributed by atoms with Crippen LogP contribution in [0.15, 0.2) is 35.7 Å². The number of para-hydroxylation sites is 2. The number of carbonyl (C=O) groups excluding carboxylic acids is 3. The first-order valence-corrected chi connectivity index (χ1v) is 10.4. The van der Waals surface area contributed by atoms with Crippen molar-refractivity contribution >= 4 is 39.7 Å². The van der Waals surface area contributed by atoms with Crippen LogP contribution in [-0.2, 0) is 14.3 Å². The number of primary amides is 1. The molecule has 0 saturated carbocycles. The second-order valence-electron chi connectivity index (χ2n) is 6.97. The summed E-state index contributed by atoms with van der Waals surface area (Å²) in [5, 5.41) is 4.85. The Hall–Kier alpha value is -3.11. The Bertz CT molecular complexity index is 956. The fraction of sp³-hybridized carbons (Fsp3) is 0.350. The molecule has 30 heavy (non-hydrogen) atoms.